The molecule has 0 radical (unpaired) electrons. The molecule has 0 fully saturated rings. The Hall–Kier alpha value is -2.40. The van der Waals surface area contributed by atoms with Crippen LogP contribution in [-0.4, -0.2) is 17.6 Å². The zero-order valence-corrected chi connectivity index (χ0v) is 18.2. The predicted octanol–water partition coefficient (Wildman–Crippen LogP) is 5.52. The summed E-state index contributed by atoms with van der Waals surface area (Å²) in [6.45, 7) is 10.4. The second-order valence-electron chi connectivity index (χ2n) is 7.38. The highest BCUT2D eigenvalue weighted by Crippen LogP contribution is 2.28. The monoisotopic (exact) mass is 398 g/mol. The molecule has 2 rings (SSSR count). The first-order valence-corrected chi connectivity index (χ1v) is 10.2. The molecular weight excluding hydrogens is 368 g/mol. The molecule has 0 aliphatic heterocycles. The number of hydrogen-bond acceptors (Lipinski definition) is 3. The molecule has 0 aliphatic rings. The summed E-state index contributed by atoms with van der Waals surface area (Å²) >= 11 is 5.32. The average molecular weight is 399 g/mol. The highest BCUT2D eigenvalue weighted by Gasteiger charge is 2.13. The Kier molecular flexibility index (Phi) is 8.00. The lowest BCUT2D eigenvalue weighted by Gasteiger charge is -2.17. The fourth-order valence-electron chi connectivity index (χ4n) is 2.96. The van der Waals surface area contributed by atoms with Crippen molar-refractivity contribution in [1.29, 1.82) is 0 Å². The molecule has 150 valence electrons. The topological polar surface area (TPSA) is 50.4 Å². The molecule has 1 unspecified atom stereocenters. The molecular formula is C23H30N2O2S. The van der Waals surface area contributed by atoms with Crippen molar-refractivity contribution in [3.63, 3.8) is 0 Å². The van der Waals surface area contributed by atoms with Gasteiger partial charge in [-0.05, 0) is 66.2 Å². The van der Waals surface area contributed by atoms with Gasteiger partial charge in [0.15, 0.2) is 11.7 Å². The van der Waals surface area contributed by atoms with Crippen LogP contribution >= 0.6 is 12.2 Å². The van der Waals surface area contributed by atoms with Gasteiger partial charge in [0.25, 0.3) is 5.91 Å². The van der Waals surface area contributed by atoms with Gasteiger partial charge < -0.3 is 10.1 Å². The largest absolute Gasteiger partial charge is 0.483 e. The smallest absolute Gasteiger partial charge is 0.264 e. The van der Waals surface area contributed by atoms with E-state index in [0.717, 1.165) is 29.0 Å². The molecule has 2 aromatic rings. The van der Waals surface area contributed by atoms with Gasteiger partial charge >= 0.3 is 0 Å². The van der Waals surface area contributed by atoms with Gasteiger partial charge in [-0.2, -0.15) is 0 Å². The van der Waals surface area contributed by atoms with E-state index in [1.807, 2.05) is 37.3 Å². The van der Waals surface area contributed by atoms with E-state index in [1.54, 1.807) is 0 Å². The fourth-order valence-corrected chi connectivity index (χ4v) is 3.19. The molecule has 2 aromatic carbocycles. The Morgan fingerprint density at radius 3 is 2.50 bits per heavy atom. The van der Waals surface area contributed by atoms with Gasteiger partial charge in [0, 0.05) is 5.69 Å². The normalized spacial score (nSPS) is 11.8. The number of amides is 1. The lowest BCUT2D eigenvalue weighted by molar-refractivity contribution is -0.121. The summed E-state index contributed by atoms with van der Waals surface area (Å²) in [5.41, 5.74) is 4.28. The van der Waals surface area contributed by atoms with Crippen molar-refractivity contribution < 1.29 is 9.53 Å². The lowest BCUT2D eigenvalue weighted by atomic mass is 9.97. The number of para-hydroxylation sites is 1. The van der Waals surface area contributed by atoms with Crippen molar-refractivity contribution in [2.24, 2.45) is 0 Å². The van der Waals surface area contributed by atoms with Gasteiger partial charge in [-0.3, -0.25) is 10.1 Å². The van der Waals surface area contributed by atoms with Crippen LogP contribution in [0.15, 0.2) is 42.5 Å². The van der Waals surface area contributed by atoms with E-state index in [2.05, 4.69) is 50.5 Å². The van der Waals surface area contributed by atoms with Crippen molar-refractivity contribution in [3.8, 4) is 5.75 Å². The molecule has 1 amide bonds. The van der Waals surface area contributed by atoms with Gasteiger partial charge in [-0.25, -0.2) is 0 Å². The number of carbonyl (C=O) groups is 1. The van der Waals surface area contributed by atoms with E-state index < -0.39 is 0 Å². The first kappa shape index (κ1) is 21.9. The number of benzene rings is 2. The fraction of sp³-hybridized carbons (Fsp3) is 0.391. The minimum atomic E-state index is -0.283. The van der Waals surface area contributed by atoms with E-state index in [-0.39, 0.29) is 17.6 Å². The Bertz CT molecular complexity index is 833. The summed E-state index contributed by atoms with van der Waals surface area (Å²) in [4.78, 5) is 12.3. The quantitative estimate of drug-likeness (QED) is 0.603. The third kappa shape index (κ3) is 6.06. The number of carbonyl (C=O) groups excluding carboxylic acids is 1. The zero-order valence-electron chi connectivity index (χ0n) is 17.3. The average Bonchev–Trinajstić information content (AvgIpc) is 2.65. The van der Waals surface area contributed by atoms with Crippen LogP contribution in [0, 0.1) is 6.92 Å². The summed E-state index contributed by atoms with van der Waals surface area (Å²) in [5.74, 6) is 1.18. The minimum Gasteiger partial charge on any atom is -0.483 e. The molecule has 0 saturated heterocycles. The van der Waals surface area contributed by atoms with Crippen molar-refractivity contribution in [1.82, 2.24) is 5.32 Å². The standard InChI is InChI=1S/C23H30N2O2S/c1-6-17(5)19-9-7-8-10-20(19)24-23(28)25-22(26)14-27-21-13-16(4)11-12-18(21)15(2)3/h7-13,15,17H,6,14H2,1-5H3,(H2,24,25,26,28). The Balaban J connectivity index is 1.96. The van der Waals surface area contributed by atoms with Crippen molar-refractivity contribution in [2.75, 3.05) is 11.9 Å². The van der Waals surface area contributed by atoms with E-state index in [0.29, 0.717) is 11.8 Å². The van der Waals surface area contributed by atoms with Crippen LogP contribution in [-0.2, 0) is 4.79 Å². The summed E-state index contributed by atoms with van der Waals surface area (Å²) in [5, 5.41) is 6.12. The molecule has 0 saturated carbocycles. The third-order valence-electron chi connectivity index (χ3n) is 4.76. The number of rotatable bonds is 7. The van der Waals surface area contributed by atoms with Gasteiger partial charge in [0.05, 0.1) is 0 Å². The van der Waals surface area contributed by atoms with Crippen LogP contribution in [0.5, 0.6) is 5.75 Å². The Morgan fingerprint density at radius 1 is 1.11 bits per heavy atom. The number of anilines is 1. The maximum absolute atomic E-state index is 12.3. The maximum Gasteiger partial charge on any atom is 0.264 e. The van der Waals surface area contributed by atoms with Crippen LogP contribution in [0.25, 0.3) is 0 Å². The molecule has 0 bridgehead atoms. The van der Waals surface area contributed by atoms with Gasteiger partial charge in [-0.1, -0.05) is 58.0 Å². The molecule has 2 N–H and O–H groups in total. The number of ether oxygens (including phenoxy) is 1. The van der Waals surface area contributed by atoms with Crippen LogP contribution in [0.2, 0.25) is 0 Å². The number of hydrogen-bond donors (Lipinski definition) is 2. The molecule has 0 aliphatic carbocycles. The SMILES string of the molecule is CCC(C)c1ccccc1NC(=S)NC(=O)COc1cc(C)ccc1C(C)C. The third-order valence-corrected chi connectivity index (χ3v) is 4.96. The van der Waals surface area contributed by atoms with E-state index in [9.17, 15) is 4.79 Å². The maximum atomic E-state index is 12.3. The van der Waals surface area contributed by atoms with E-state index in [4.69, 9.17) is 17.0 Å². The number of thiocarbonyl (C=S) groups is 1. The minimum absolute atomic E-state index is 0.0853. The molecule has 28 heavy (non-hydrogen) atoms. The zero-order chi connectivity index (χ0) is 20.7. The number of aryl methyl sites for hydroxylation is 1. The highest BCUT2D eigenvalue weighted by molar-refractivity contribution is 7.80. The van der Waals surface area contributed by atoms with Gasteiger partial charge in [0.1, 0.15) is 5.75 Å². The molecule has 1 atom stereocenters. The predicted molar refractivity (Wildman–Crippen MR) is 120 cm³/mol. The lowest BCUT2D eigenvalue weighted by Crippen LogP contribution is -2.37. The van der Waals surface area contributed by atoms with E-state index in [1.165, 1.54) is 5.56 Å². The van der Waals surface area contributed by atoms with Crippen molar-refractivity contribution >= 4 is 28.9 Å². The first-order valence-electron chi connectivity index (χ1n) is 9.74. The van der Waals surface area contributed by atoms with Gasteiger partial charge in [-0.15, -0.1) is 0 Å². The Morgan fingerprint density at radius 2 is 1.82 bits per heavy atom. The molecule has 4 nitrogen and oxygen atoms in total. The van der Waals surface area contributed by atoms with E-state index >= 15 is 0 Å². The summed E-state index contributed by atoms with van der Waals surface area (Å²) in [6.07, 6.45) is 1.03. The van der Waals surface area contributed by atoms with Crippen LogP contribution in [0.1, 0.15) is 62.6 Å². The van der Waals surface area contributed by atoms with Crippen molar-refractivity contribution in [2.45, 2.75) is 52.9 Å². The Labute approximate surface area is 173 Å². The van der Waals surface area contributed by atoms with Crippen molar-refractivity contribution in [3.05, 3.63) is 59.2 Å². The van der Waals surface area contributed by atoms with Crippen LogP contribution in [0.3, 0.4) is 0 Å². The number of nitrogens with one attached hydrogen (secondary N) is 2. The summed E-state index contributed by atoms with van der Waals surface area (Å²) in [6, 6.07) is 14.1. The molecule has 5 heteroatoms. The first-order chi connectivity index (χ1) is 13.3. The van der Waals surface area contributed by atoms with Crippen LogP contribution < -0.4 is 15.4 Å². The molecule has 0 spiro atoms. The summed E-state index contributed by atoms with van der Waals surface area (Å²) in [7, 11) is 0. The second kappa shape index (κ2) is 10.2. The molecule has 0 aromatic heterocycles. The molecule has 0 heterocycles. The van der Waals surface area contributed by atoms with Gasteiger partial charge in [0.2, 0.25) is 0 Å². The second-order valence-corrected chi connectivity index (χ2v) is 7.79. The van der Waals surface area contributed by atoms with Crippen LogP contribution in [0.4, 0.5) is 5.69 Å². The summed E-state index contributed by atoms with van der Waals surface area (Å²) < 4.78 is 5.77. The highest BCUT2D eigenvalue weighted by atomic mass is 32.1.